The molecule has 1 fully saturated rings. The van der Waals surface area contributed by atoms with Crippen LogP contribution >= 0.6 is 0 Å². The van der Waals surface area contributed by atoms with Crippen LogP contribution in [0.5, 0.6) is 0 Å². The van der Waals surface area contributed by atoms with Crippen molar-refractivity contribution in [2.75, 3.05) is 0 Å². The fourth-order valence-corrected chi connectivity index (χ4v) is 2.61. The largest absolute Gasteiger partial charge is 0.479 e. The number of carboxylic acid groups (broad SMARTS) is 1. The van der Waals surface area contributed by atoms with E-state index in [9.17, 15) is 19.5 Å². The Bertz CT molecular complexity index is 581. The molecule has 1 aromatic rings. The molecule has 0 aliphatic carbocycles. The Labute approximate surface area is 123 Å². The molecular weight excluding hydrogens is 270 g/mol. The number of hydrogen-bond donors (Lipinski definition) is 1. The lowest BCUT2D eigenvalue weighted by Gasteiger charge is -2.28. The Balaban J connectivity index is 2.45. The first-order chi connectivity index (χ1) is 9.79. The van der Waals surface area contributed by atoms with Gasteiger partial charge in [0.2, 0.25) is 11.8 Å². The molecule has 2 atom stereocenters. The van der Waals surface area contributed by atoms with Gasteiger partial charge in [-0.25, -0.2) is 4.79 Å². The molecule has 1 N–H and O–H groups in total. The number of aliphatic carboxylic acids is 1. The lowest BCUT2D eigenvalue weighted by atomic mass is 9.78. The molecule has 1 aromatic carbocycles. The minimum absolute atomic E-state index is 0.0378. The third-order valence-electron chi connectivity index (χ3n) is 4.38. The summed E-state index contributed by atoms with van der Waals surface area (Å²) in [6.07, 6.45) is 0.0557. The Morgan fingerprint density at radius 1 is 1.24 bits per heavy atom. The Morgan fingerprint density at radius 3 is 2.24 bits per heavy atom. The molecule has 112 valence electrons. The third kappa shape index (κ3) is 2.44. The van der Waals surface area contributed by atoms with Crippen LogP contribution in [0.1, 0.15) is 38.8 Å². The van der Waals surface area contributed by atoms with Gasteiger partial charge < -0.3 is 5.11 Å². The minimum atomic E-state index is -1.26. The van der Waals surface area contributed by atoms with Gasteiger partial charge in [-0.1, -0.05) is 44.2 Å². The second-order valence-corrected chi connectivity index (χ2v) is 5.97. The zero-order valence-corrected chi connectivity index (χ0v) is 12.4. The summed E-state index contributed by atoms with van der Waals surface area (Å²) < 4.78 is 0. The van der Waals surface area contributed by atoms with Gasteiger partial charge in [0.05, 0.1) is 5.41 Å². The molecule has 21 heavy (non-hydrogen) atoms. The number of carbonyl (C=O) groups is 3. The van der Waals surface area contributed by atoms with Gasteiger partial charge in [0.15, 0.2) is 6.04 Å². The molecule has 0 bridgehead atoms. The number of likely N-dealkylation sites (tertiary alicyclic amines) is 1. The van der Waals surface area contributed by atoms with E-state index in [2.05, 4.69) is 0 Å². The zero-order valence-electron chi connectivity index (χ0n) is 12.4. The van der Waals surface area contributed by atoms with Crippen molar-refractivity contribution in [1.29, 1.82) is 0 Å². The van der Waals surface area contributed by atoms with Crippen LogP contribution in [0, 0.1) is 11.3 Å². The lowest BCUT2D eigenvalue weighted by molar-refractivity contribution is -0.156. The molecule has 1 saturated heterocycles. The average Bonchev–Trinajstić information content (AvgIpc) is 2.65. The normalized spacial score (nSPS) is 23.7. The van der Waals surface area contributed by atoms with Gasteiger partial charge in [0.25, 0.3) is 0 Å². The van der Waals surface area contributed by atoms with E-state index in [1.807, 2.05) is 13.8 Å². The van der Waals surface area contributed by atoms with E-state index in [0.29, 0.717) is 5.56 Å². The van der Waals surface area contributed by atoms with Crippen LogP contribution in [0.3, 0.4) is 0 Å². The first-order valence-corrected chi connectivity index (χ1v) is 6.93. The SMILES string of the molecule is CC(C)[C@@]1(C)CC(=O)N([C@H](C(=O)O)c2ccccc2)C1=O. The molecule has 0 radical (unpaired) electrons. The van der Waals surface area contributed by atoms with E-state index in [0.717, 1.165) is 4.90 Å². The second kappa shape index (κ2) is 5.31. The Kier molecular flexibility index (Phi) is 3.85. The Morgan fingerprint density at radius 2 is 1.81 bits per heavy atom. The van der Waals surface area contributed by atoms with Crippen molar-refractivity contribution in [3.05, 3.63) is 35.9 Å². The zero-order chi connectivity index (χ0) is 15.8. The summed E-state index contributed by atoms with van der Waals surface area (Å²) in [7, 11) is 0. The first kappa shape index (κ1) is 15.2. The van der Waals surface area contributed by atoms with Crippen molar-refractivity contribution in [3.63, 3.8) is 0 Å². The summed E-state index contributed by atoms with van der Waals surface area (Å²) >= 11 is 0. The maximum Gasteiger partial charge on any atom is 0.331 e. The molecular formula is C16H19NO4. The van der Waals surface area contributed by atoms with E-state index in [1.165, 1.54) is 0 Å². The number of amides is 2. The van der Waals surface area contributed by atoms with E-state index < -0.39 is 29.2 Å². The number of benzene rings is 1. The fraction of sp³-hybridized carbons (Fsp3) is 0.438. The van der Waals surface area contributed by atoms with Crippen molar-refractivity contribution in [2.45, 2.75) is 33.2 Å². The van der Waals surface area contributed by atoms with Gasteiger partial charge in [-0.2, -0.15) is 0 Å². The fourth-order valence-electron chi connectivity index (χ4n) is 2.61. The molecule has 0 unspecified atom stereocenters. The van der Waals surface area contributed by atoms with Crippen molar-refractivity contribution in [2.24, 2.45) is 11.3 Å². The number of carbonyl (C=O) groups excluding carboxylic acids is 2. The summed E-state index contributed by atoms with van der Waals surface area (Å²) in [4.78, 5) is 37.4. The van der Waals surface area contributed by atoms with Gasteiger partial charge in [-0.3, -0.25) is 14.5 Å². The summed E-state index contributed by atoms with van der Waals surface area (Å²) in [5.41, 5.74) is -0.403. The standard InChI is InChI=1S/C16H19NO4/c1-10(2)16(3)9-12(18)17(15(16)21)13(14(19)20)11-7-5-4-6-8-11/h4-8,10,13H,9H2,1-3H3,(H,19,20)/t13-,16+/m0/s1. The summed E-state index contributed by atoms with van der Waals surface area (Å²) in [5.74, 6) is -2.06. The number of rotatable bonds is 4. The highest BCUT2D eigenvalue weighted by atomic mass is 16.4. The molecule has 0 saturated carbocycles. The summed E-state index contributed by atoms with van der Waals surface area (Å²) in [6.45, 7) is 5.46. The molecule has 1 aliphatic rings. The van der Waals surface area contributed by atoms with E-state index >= 15 is 0 Å². The average molecular weight is 289 g/mol. The highest BCUT2D eigenvalue weighted by Crippen LogP contribution is 2.42. The number of imide groups is 1. The van der Waals surface area contributed by atoms with Crippen LogP contribution in [0.2, 0.25) is 0 Å². The van der Waals surface area contributed by atoms with Crippen molar-refractivity contribution in [1.82, 2.24) is 4.90 Å². The molecule has 5 heteroatoms. The van der Waals surface area contributed by atoms with Gasteiger partial charge in [-0.05, 0) is 18.4 Å². The predicted molar refractivity (Wildman–Crippen MR) is 76.2 cm³/mol. The molecule has 5 nitrogen and oxygen atoms in total. The molecule has 1 aliphatic heterocycles. The van der Waals surface area contributed by atoms with Crippen molar-refractivity contribution in [3.8, 4) is 0 Å². The number of nitrogens with zero attached hydrogens (tertiary/aromatic N) is 1. The molecule has 0 aromatic heterocycles. The molecule has 2 rings (SSSR count). The highest BCUT2D eigenvalue weighted by Gasteiger charge is 2.53. The van der Waals surface area contributed by atoms with Crippen LogP contribution in [0.4, 0.5) is 0 Å². The lowest BCUT2D eigenvalue weighted by Crippen LogP contribution is -2.42. The van der Waals surface area contributed by atoms with Crippen molar-refractivity contribution >= 4 is 17.8 Å². The van der Waals surface area contributed by atoms with Gasteiger partial charge in [0, 0.05) is 6.42 Å². The van der Waals surface area contributed by atoms with E-state index in [1.54, 1.807) is 37.3 Å². The smallest absolute Gasteiger partial charge is 0.331 e. The first-order valence-electron chi connectivity index (χ1n) is 6.93. The second-order valence-electron chi connectivity index (χ2n) is 5.97. The van der Waals surface area contributed by atoms with Crippen LogP contribution in [0.25, 0.3) is 0 Å². The topological polar surface area (TPSA) is 74.7 Å². The van der Waals surface area contributed by atoms with Crippen LogP contribution in [-0.4, -0.2) is 27.8 Å². The maximum absolute atomic E-state index is 12.6. The number of carboxylic acids is 1. The Hall–Kier alpha value is -2.17. The number of hydrogen-bond acceptors (Lipinski definition) is 3. The van der Waals surface area contributed by atoms with Gasteiger partial charge in [0.1, 0.15) is 0 Å². The molecule has 0 spiro atoms. The summed E-state index contributed by atoms with van der Waals surface area (Å²) in [6, 6.07) is 7.12. The maximum atomic E-state index is 12.6. The quantitative estimate of drug-likeness (QED) is 0.862. The van der Waals surface area contributed by atoms with Crippen LogP contribution in [-0.2, 0) is 14.4 Å². The van der Waals surface area contributed by atoms with Crippen LogP contribution < -0.4 is 0 Å². The summed E-state index contributed by atoms with van der Waals surface area (Å²) in [5, 5.41) is 9.49. The van der Waals surface area contributed by atoms with E-state index in [4.69, 9.17) is 0 Å². The van der Waals surface area contributed by atoms with E-state index in [-0.39, 0.29) is 12.3 Å². The third-order valence-corrected chi connectivity index (χ3v) is 4.38. The minimum Gasteiger partial charge on any atom is -0.479 e. The van der Waals surface area contributed by atoms with Gasteiger partial charge in [-0.15, -0.1) is 0 Å². The van der Waals surface area contributed by atoms with Crippen molar-refractivity contribution < 1.29 is 19.5 Å². The highest BCUT2D eigenvalue weighted by molar-refractivity contribution is 6.08. The predicted octanol–water partition coefficient (Wildman–Crippen LogP) is 2.23. The van der Waals surface area contributed by atoms with Crippen LogP contribution in [0.15, 0.2) is 30.3 Å². The molecule has 2 amide bonds. The molecule has 1 heterocycles. The monoisotopic (exact) mass is 289 g/mol. The van der Waals surface area contributed by atoms with Gasteiger partial charge >= 0.3 is 5.97 Å².